The third-order valence-electron chi connectivity index (χ3n) is 4.76. The van der Waals surface area contributed by atoms with E-state index in [9.17, 15) is 26.7 Å². The van der Waals surface area contributed by atoms with Gasteiger partial charge in [0.2, 0.25) is 5.88 Å². The molecule has 33 heavy (non-hydrogen) atoms. The molecular weight excluding hydrogens is 469 g/mol. The van der Waals surface area contributed by atoms with Crippen molar-refractivity contribution >= 4 is 22.5 Å². The number of fused-ring (bicyclic) bond motifs is 1. The van der Waals surface area contributed by atoms with Crippen molar-refractivity contribution in [2.45, 2.75) is 18.6 Å². The minimum atomic E-state index is -4.74. The topological polar surface area (TPSA) is 57.0 Å². The van der Waals surface area contributed by atoms with Crippen molar-refractivity contribution in [2.75, 3.05) is 0 Å². The second-order valence-corrected chi connectivity index (χ2v) is 7.29. The predicted molar refractivity (Wildman–Crippen MR) is 110 cm³/mol. The average molecular weight is 482 g/mol. The summed E-state index contributed by atoms with van der Waals surface area (Å²) < 4.78 is 74.3. The second-order valence-electron chi connectivity index (χ2n) is 7.02. The molecular formula is C22H13ClF5N3O2. The summed E-state index contributed by atoms with van der Waals surface area (Å²) in [5.41, 5.74) is -1.13. The second kappa shape index (κ2) is 8.78. The van der Waals surface area contributed by atoms with Gasteiger partial charge in [-0.25, -0.2) is 13.8 Å². The van der Waals surface area contributed by atoms with Gasteiger partial charge >= 0.3 is 6.18 Å². The van der Waals surface area contributed by atoms with Crippen LogP contribution in [0.25, 0.3) is 10.9 Å². The smallest absolute Gasteiger partial charge is 0.421 e. The minimum absolute atomic E-state index is 0.0310. The molecule has 0 N–H and O–H groups in total. The lowest BCUT2D eigenvalue weighted by molar-refractivity contribution is -0.138. The zero-order chi connectivity index (χ0) is 23.8. The van der Waals surface area contributed by atoms with Crippen LogP contribution in [0.15, 0.2) is 59.8 Å². The Hall–Kier alpha value is -3.53. The highest BCUT2D eigenvalue weighted by molar-refractivity contribution is 6.17. The zero-order valence-electron chi connectivity index (χ0n) is 16.5. The van der Waals surface area contributed by atoms with E-state index in [1.54, 1.807) is 0 Å². The molecule has 2 heterocycles. The van der Waals surface area contributed by atoms with Crippen molar-refractivity contribution in [3.8, 4) is 11.6 Å². The van der Waals surface area contributed by atoms with Crippen LogP contribution in [0.1, 0.15) is 16.7 Å². The summed E-state index contributed by atoms with van der Waals surface area (Å²) in [7, 11) is 0. The molecule has 2 aromatic heterocycles. The maximum absolute atomic E-state index is 14.0. The molecule has 0 radical (unpaired) electrons. The van der Waals surface area contributed by atoms with Gasteiger partial charge in [-0.1, -0.05) is 6.07 Å². The van der Waals surface area contributed by atoms with Crippen LogP contribution in [0.4, 0.5) is 22.0 Å². The summed E-state index contributed by atoms with van der Waals surface area (Å²) >= 11 is 5.60. The van der Waals surface area contributed by atoms with Crippen molar-refractivity contribution in [3.63, 3.8) is 0 Å². The number of hydrogen-bond acceptors (Lipinski definition) is 4. The first-order chi connectivity index (χ1) is 15.7. The third kappa shape index (κ3) is 4.80. The van der Waals surface area contributed by atoms with Gasteiger partial charge < -0.3 is 9.30 Å². The molecule has 2 aromatic carbocycles. The SMILES string of the molecule is O=c1ncn(Cc2ccc(F)cc2F)c2ccc(Oc3ncc(CCl)cc3C(F)(F)F)cc12. The van der Waals surface area contributed by atoms with Crippen LogP contribution in [0.5, 0.6) is 11.6 Å². The van der Waals surface area contributed by atoms with Crippen molar-refractivity contribution in [1.29, 1.82) is 0 Å². The van der Waals surface area contributed by atoms with E-state index >= 15 is 0 Å². The maximum atomic E-state index is 14.0. The molecule has 0 amide bonds. The van der Waals surface area contributed by atoms with Crippen molar-refractivity contribution in [3.05, 3.63) is 93.7 Å². The van der Waals surface area contributed by atoms with Crippen LogP contribution in [-0.2, 0) is 18.6 Å². The number of pyridine rings is 1. The van der Waals surface area contributed by atoms with Crippen LogP contribution in [0, 0.1) is 11.6 Å². The van der Waals surface area contributed by atoms with Crippen LogP contribution >= 0.6 is 11.6 Å². The van der Waals surface area contributed by atoms with Gasteiger partial charge in [0.05, 0.1) is 23.8 Å². The van der Waals surface area contributed by atoms with Gasteiger partial charge in [-0.15, -0.1) is 11.6 Å². The molecule has 0 spiro atoms. The van der Waals surface area contributed by atoms with E-state index < -0.39 is 34.8 Å². The molecule has 0 bridgehead atoms. The summed E-state index contributed by atoms with van der Waals surface area (Å²) in [5, 5.41) is 0.0310. The number of alkyl halides is 4. The fourth-order valence-electron chi connectivity index (χ4n) is 3.18. The molecule has 0 atom stereocenters. The molecule has 11 heteroatoms. The highest BCUT2D eigenvalue weighted by Gasteiger charge is 2.36. The molecule has 4 rings (SSSR count). The van der Waals surface area contributed by atoms with Crippen molar-refractivity contribution in [1.82, 2.24) is 14.5 Å². The fraction of sp³-hybridized carbons (Fsp3) is 0.136. The molecule has 170 valence electrons. The Morgan fingerprint density at radius 3 is 2.52 bits per heavy atom. The van der Waals surface area contributed by atoms with E-state index in [1.165, 1.54) is 35.2 Å². The zero-order valence-corrected chi connectivity index (χ0v) is 17.3. The lowest BCUT2D eigenvalue weighted by Crippen LogP contribution is -2.14. The van der Waals surface area contributed by atoms with E-state index in [-0.39, 0.29) is 34.7 Å². The molecule has 0 aliphatic carbocycles. The number of benzene rings is 2. The van der Waals surface area contributed by atoms with Crippen LogP contribution in [0.3, 0.4) is 0 Å². The number of halogens is 6. The maximum Gasteiger partial charge on any atom is 0.421 e. The Morgan fingerprint density at radius 2 is 1.82 bits per heavy atom. The molecule has 5 nitrogen and oxygen atoms in total. The minimum Gasteiger partial charge on any atom is -0.438 e. The fourth-order valence-corrected chi connectivity index (χ4v) is 3.32. The van der Waals surface area contributed by atoms with Crippen LogP contribution in [0.2, 0.25) is 0 Å². The Labute approximate surface area is 188 Å². The summed E-state index contributed by atoms with van der Waals surface area (Å²) in [4.78, 5) is 19.7. The van der Waals surface area contributed by atoms with Gasteiger partial charge in [-0.3, -0.25) is 4.79 Å². The molecule has 0 fully saturated rings. The normalized spacial score (nSPS) is 11.7. The average Bonchev–Trinajstić information content (AvgIpc) is 2.77. The first-order valence-corrected chi connectivity index (χ1v) is 9.92. The van der Waals surface area contributed by atoms with Crippen molar-refractivity contribution in [2.24, 2.45) is 0 Å². The summed E-state index contributed by atoms with van der Waals surface area (Å²) in [6.07, 6.45) is -2.39. The molecule has 4 aromatic rings. The van der Waals surface area contributed by atoms with E-state index in [0.29, 0.717) is 5.52 Å². The van der Waals surface area contributed by atoms with Gasteiger partial charge in [0.25, 0.3) is 5.56 Å². The summed E-state index contributed by atoms with van der Waals surface area (Å²) in [5.74, 6) is -2.44. The molecule has 0 saturated heterocycles. The molecule has 0 aliphatic heterocycles. The molecule has 0 unspecified atom stereocenters. The monoisotopic (exact) mass is 481 g/mol. The quantitative estimate of drug-likeness (QED) is 0.272. The number of aromatic nitrogens is 3. The highest BCUT2D eigenvalue weighted by atomic mass is 35.5. The van der Waals surface area contributed by atoms with E-state index in [1.807, 2.05) is 0 Å². The van der Waals surface area contributed by atoms with Crippen LogP contribution in [-0.4, -0.2) is 14.5 Å². The van der Waals surface area contributed by atoms with Crippen LogP contribution < -0.4 is 10.3 Å². The Kier molecular flexibility index (Phi) is 6.03. The lowest BCUT2D eigenvalue weighted by Gasteiger charge is -2.15. The molecule has 0 aliphatic rings. The van der Waals surface area contributed by atoms with Gasteiger partial charge in [-0.05, 0) is 35.9 Å². The van der Waals surface area contributed by atoms with Gasteiger partial charge in [0.1, 0.15) is 22.9 Å². The van der Waals surface area contributed by atoms with E-state index in [0.717, 1.165) is 24.4 Å². The number of hydrogen-bond donors (Lipinski definition) is 0. The van der Waals surface area contributed by atoms with Gasteiger partial charge in [0, 0.05) is 23.7 Å². The highest BCUT2D eigenvalue weighted by Crippen LogP contribution is 2.37. The largest absolute Gasteiger partial charge is 0.438 e. The van der Waals surface area contributed by atoms with Crippen molar-refractivity contribution < 1.29 is 26.7 Å². The Morgan fingerprint density at radius 1 is 1.03 bits per heavy atom. The van der Waals surface area contributed by atoms with E-state index in [2.05, 4.69) is 9.97 Å². The summed E-state index contributed by atoms with van der Waals surface area (Å²) in [6.45, 7) is -0.0598. The first-order valence-electron chi connectivity index (χ1n) is 9.39. The summed E-state index contributed by atoms with van der Waals surface area (Å²) in [6, 6.07) is 7.93. The predicted octanol–water partition coefficient (Wildman–Crippen LogP) is 5.67. The van der Waals surface area contributed by atoms with Gasteiger partial charge in [0.15, 0.2) is 0 Å². The lowest BCUT2D eigenvalue weighted by atomic mass is 10.2. The third-order valence-corrected chi connectivity index (χ3v) is 5.07. The Balaban J connectivity index is 1.73. The first kappa shape index (κ1) is 22.7. The number of rotatable bonds is 5. The number of nitrogens with zero attached hydrogens (tertiary/aromatic N) is 3. The standard InChI is InChI=1S/C22H13ClF5N3O2/c23-8-12-5-17(22(26,27)28)21(29-9-12)33-15-3-4-19-16(7-15)20(32)30-11-31(19)10-13-1-2-14(24)6-18(13)25/h1-7,9,11H,8,10H2. The Bertz CT molecular complexity index is 1410. The van der Waals surface area contributed by atoms with E-state index in [4.69, 9.17) is 16.3 Å². The van der Waals surface area contributed by atoms with Gasteiger partial charge in [-0.2, -0.15) is 18.2 Å². The molecule has 0 saturated carbocycles. The number of ether oxygens (including phenoxy) is 1.